The predicted molar refractivity (Wildman–Crippen MR) is 116 cm³/mol. The predicted octanol–water partition coefficient (Wildman–Crippen LogP) is 8.49. The van der Waals surface area contributed by atoms with E-state index in [0.29, 0.717) is 0 Å². The van der Waals surface area contributed by atoms with Crippen LogP contribution >= 0.6 is 0 Å². The molecule has 0 rings (SSSR count). The van der Waals surface area contributed by atoms with Crippen molar-refractivity contribution in [3.05, 3.63) is 0 Å². The van der Waals surface area contributed by atoms with Crippen LogP contribution in [0.15, 0.2) is 0 Å². The van der Waals surface area contributed by atoms with Crippen molar-refractivity contribution in [3.63, 3.8) is 0 Å². The zero-order valence-electron chi connectivity index (χ0n) is 17.8. The molecule has 0 aromatic rings. The Morgan fingerprint density at radius 1 is 0.440 bits per heavy atom. The minimum absolute atomic E-state index is 0.462. The van der Waals surface area contributed by atoms with Gasteiger partial charge >= 0.3 is 165 Å². The first kappa shape index (κ1) is 25.8. The number of unbranched alkanes of at least 4 members (excludes halogenated alkanes) is 17. The van der Waals surface area contributed by atoms with Gasteiger partial charge in [0, 0.05) is 0 Å². The quantitative estimate of drug-likeness (QED) is 0.117. The molecule has 1 nitrogen and oxygen atoms in total. The van der Waals surface area contributed by atoms with Gasteiger partial charge in [-0.1, -0.05) is 6.92 Å². The molecule has 0 unspecified atom stereocenters. The Balaban J connectivity index is 2.94. The van der Waals surface area contributed by atoms with Crippen LogP contribution in [-0.2, 0) is 3.07 Å². The van der Waals surface area contributed by atoms with Crippen LogP contribution in [0, 0.1) is 0 Å². The van der Waals surface area contributed by atoms with Crippen LogP contribution in [0.3, 0.4) is 0 Å². The van der Waals surface area contributed by atoms with Gasteiger partial charge in [0.15, 0.2) is 0 Å². The van der Waals surface area contributed by atoms with Crippen molar-refractivity contribution >= 4 is 21.6 Å². The van der Waals surface area contributed by atoms with Crippen molar-refractivity contribution < 1.29 is 3.07 Å². The summed E-state index contributed by atoms with van der Waals surface area (Å²) in [5, 5.41) is 0. The van der Waals surface area contributed by atoms with Crippen molar-refractivity contribution in [1.29, 1.82) is 0 Å². The summed E-state index contributed by atoms with van der Waals surface area (Å²) < 4.78 is 7.38. The second-order valence-electron chi connectivity index (χ2n) is 7.75. The number of rotatable bonds is 22. The molecule has 0 aromatic carbocycles. The van der Waals surface area contributed by atoms with Crippen molar-refractivity contribution in [2.24, 2.45) is 0 Å². The van der Waals surface area contributed by atoms with E-state index in [-0.39, 0.29) is 0 Å². The SMILES string of the molecule is CCCCCCCCCCCC[CH2][Sn][O]CCCCCCCCCC. The molecule has 0 bridgehead atoms. The molecule has 2 heteroatoms. The van der Waals surface area contributed by atoms with Gasteiger partial charge in [0.1, 0.15) is 0 Å². The van der Waals surface area contributed by atoms with Gasteiger partial charge in [-0.3, -0.25) is 0 Å². The molecule has 150 valence electrons. The summed E-state index contributed by atoms with van der Waals surface area (Å²) in [6.45, 7) is 5.66. The first-order valence-corrected chi connectivity index (χ1v) is 14.9. The molecule has 0 amide bonds. The Hall–Kier alpha value is 0.759. The zero-order chi connectivity index (χ0) is 18.3. The standard InChI is InChI=1S/C13H27.C10H21O.Sn/c1-3-5-7-9-11-13-12-10-8-6-4-2;1-2-3-4-5-6-7-8-9-10-11;/h1,3-13H2,2H3;2-10H2,1H3;/q;-1;+1. The van der Waals surface area contributed by atoms with Crippen molar-refractivity contribution in [1.82, 2.24) is 0 Å². The number of hydrogen-bond donors (Lipinski definition) is 0. The molecule has 0 aliphatic carbocycles. The first-order chi connectivity index (χ1) is 12.4. The van der Waals surface area contributed by atoms with E-state index < -0.39 is 21.6 Å². The monoisotopic (exact) mass is 460 g/mol. The molecule has 0 heterocycles. The average molecular weight is 459 g/mol. The fourth-order valence-corrected chi connectivity index (χ4v) is 5.68. The van der Waals surface area contributed by atoms with Gasteiger partial charge in [-0.05, 0) is 0 Å². The second-order valence-corrected chi connectivity index (χ2v) is 10.8. The Morgan fingerprint density at radius 3 is 1.24 bits per heavy atom. The van der Waals surface area contributed by atoms with Crippen LogP contribution in [0.25, 0.3) is 0 Å². The Morgan fingerprint density at radius 2 is 0.800 bits per heavy atom. The molecule has 2 radical (unpaired) electrons. The van der Waals surface area contributed by atoms with Crippen LogP contribution < -0.4 is 0 Å². The van der Waals surface area contributed by atoms with Gasteiger partial charge in [0.05, 0.1) is 0 Å². The Bertz CT molecular complexity index is 198. The van der Waals surface area contributed by atoms with Crippen molar-refractivity contribution in [2.75, 3.05) is 6.61 Å². The normalized spacial score (nSPS) is 11.3. The van der Waals surface area contributed by atoms with E-state index in [9.17, 15) is 0 Å². The van der Waals surface area contributed by atoms with Gasteiger partial charge in [0.25, 0.3) is 0 Å². The minimum atomic E-state index is -0.462. The third-order valence-electron chi connectivity index (χ3n) is 5.08. The van der Waals surface area contributed by atoms with E-state index in [2.05, 4.69) is 13.8 Å². The average Bonchev–Trinajstić information content (AvgIpc) is 2.63. The van der Waals surface area contributed by atoms with Crippen molar-refractivity contribution in [2.45, 2.75) is 140 Å². The van der Waals surface area contributed by atoms with Gasteiger partial charge < -0.3 is 0 Å². The van der Waals surface area contributed by atoms with E-state index in [1.54, 1.807) is 0 Å². The first-order valence-electron chi connectivity index (χ1n) is 11.8. The summed E-state index contributed by atoms with van der Waals surface area (Å²) in [7, 11) is 0. The molecule has 0 aliphatic heterocycles. The third kappa shape index (κ3) is 24.8. The summed E-state index contributed by atoms with van der Waals surface area (Å²) in [6, 6.07) is 0. The summed E-state index contributed by atoms with van der Waals surface area (Å²) in [4.78, 5) is 0. The van der Waals surface area contributed by atoms with E-state index in [1.165, 1.54) is 126 Å². The molecule has 0 aromatic heterocycles. The molecular formula is C23H48OSn. The van der Waals surface area contributed by atoms with E-state index in [4.69, 9.17) is 3.07 Å². The van der Waals surface area contributed by atoms with E-state index in [0.717, 1.165) is 6.61 Å². The fraction of sp³-hybridized carbons (Fsp3) is 1.00. The molecule has 0 saturated heterocycles. The van der Waals surface area contributed by atoms with Gasteiger partial charge in [0.2, 0.25) is 0 Å². The topological polar surface area (TPSA) is 9.23 Å². The molecule has 0 aliphatic rings. The fourth-order valence-electron chi connectivity index (χ4n) is 3.31. The van der Waals surface area contributed by atoms with Gasteiger partial charge in [-0.2, -0.15) is 0 Å². The maximum absolute atomic E-state index is 5.94. The van der Waals surface area contributed by atoms with Gasteiger partial charge in [-0.15, -0.1) is 0 Å². The van der Waals surface area contributed by atoms with E-state index in [1.807, 2.05) is 0 Å². The molecular weight excluding hydrogens is 411 g/mol. The van der Waals surface area contributed by atoms with Crippen LogP contribution in [-0.4, -0.2) is 28.2 Å². The van der Waals surface area contributed by atoms with Crippen molar-refractivity contribution in [3.8, 4) is 0 Å². The van der Waals surface area contributed by atoms with Crippen LogP contribution in [0.1, 0.15) is 136 Å². The molecule has 0 fully saturated rings. The third-order valence-corrected chi connectivity index (χ3v) is 7.84. The molecule has 0 spiro atoms. The number of hydrogen-bond acceptors (Lipinski definition) is 1. The van der Waals surface area contributed by atoms with Crippen LogP contribution in [0.2, 0.25) is 4.44 Å². The summed E-state index contributed by atoms with van der Waals surface area (Å²) in [6.07, 6.45) is 27.2. The zero-order valence-corrected chi connectivity index (χ0v) is 20.6. The van der Waals surface area contributed by atoms with Crippen LogP contribution in [0.5, 0.6) is 0 Å². The molecule has 25 heavy (non-hydrogen) atoms. The summed E-state index contributed by atoms with van der Waals surface area (Å²) in [5.41, 5.74) is 0. The molecule has 0 saturated carbocycles. The second kappa shape index (κ2) is 24.8. The van der Waals surface area contributed by atoms with Crippen LogP contribution in [0.4, 0.5) is 0 Å². The Labute approximate surface area is 171 Å². The maximum atomic E-state index is 5.94. The van der Waals surface area contributed by atoms with Gasteiger partial charge in [-0.25, -0.2) is 0 Å². The molecule has 0 atom stereocenters. The molecule has 0 N–H and O–H groups in total. The summed E-state index contributed by atoms with van der Waals surface area (Å²) in [5.74, 6) is 0. The summed E-state index contributed by atoms with van der Waals surface area (Å²) >= 11 is -0.462. The van der Waals surface area contributed by atoms with E-state index >= 15 is 0 Å². The Kier molecular flexibility index (Phi) is 25.5.